The number of nitrogens with one attached hydrogen (secondary N) is 2. The monoisotopic (exact) mass is 324 g/mol. The lowest BCUT2D eigenvalue weighted by Gasteiger charge is -2.25. The first-order valence-corrected chi connectivity index (χ1v) is 7.98. The van der Waals surface area contributed by atoms with E-state index in [0.29, 0.717) is 6.42 Å². The molecule has 0 saturated carbocycles. The van der Waals surface area contributed by atoms with Crippen LogP contribution >= 0.6 is 0 Å². The largest absolute Gasteiger partial charge is 0.451 e. The molecule has 21 heavy (non-hydrogen) atoms. The van der Waals surface area contributed by atoms with Gasteiger partial charge in [-0.2, -0.15) is 13.2 Å². The molecule has 0 amide bonds. The molecule has 2 N–H and O–H groups in total. The van der Waals surface area contributed by atoms with Crippen LogP contribution in [0.5, 0.6) is 0 Å². The predicted molar refractivity (Wildman–Crippen MR) is 71.9 cm³/mol. The minimum atomic E-state index is -4.67. The lowest BCUT2D eigenvalue weighted by atomic mass is 10.0. The molecule has 1 aromatic heterocycles. The van der Waals surface area contributed by atoms with Gasteiger partial charge in [0.2, 0.25) is 5.82 Å². The summed E-state index contributed by atoms with van der Waals surface area (Å²) >= 11 is 0. The van der Waals surface area contributed by atoms with E-state index >= 15 is 0 Å². The number of halogens is 3. The van der Waals surface area contributed by atoms with Gasteiger partial charge in [-0.3, -0.25) is 0 Å². The summed E-state index contributed by atoms with van der Waals surface area (Å²) in [6.45, 7) is 1.64. The Morgan fingerprint density at radius 2 is 1.90 bits per heavy atom. The van der Waals surface area contributed by atoms with Gasteiger partial charge in [0.1, 0.15) is 11.6 Å². The topological polar surface area (TPSA) is 84.0 Å². The predicted octanol–water partition coefficient (Wildman–Crippen LogP) is 1.53. The van der Waals surface area contributed by atoms with E-state index in [4.69, 9.17) is 0 Å². The Hall–Kier alpha value is -1.58. The van der Waals surface area contributed by atoms with Gasteiger partial charge in [0, 0.05) is 13.1 Å². The van der Waals surface area contributed by atoms with Gasteiger partial charge in [-0.05, 0) is 13.3 Å². The number of alkyl halides is 3. The van der Waals surface area contributed by atoms with Crippen LogP contribution in [0.4, 0.5) is 24.8 Å². The van der Waals surface area contributed by atoms with E-state index in [1.165, 1.54) is 13.1 Å². The van der Waals surface area contributed by atoms with Crippen molar-refractivity contribution in [2.24, 2.45) is 0 Å². The van der Waals surface area contributed by atoms with Crippen molar-refractivity contribution in [2.45, 2.75) is 25.1 Å². The maximum absolute atomic E-state index is 12.7. The van der Waals surface area contributed by atoms with Gasteiger partial charge >= 0.3 is 6.18 Å². The summed E-state index contributed by atoms with van der Waals surface area (Å²) in [6, 6.07) is 1.31. The molecule has 10 heteroatoms. The summed E-state index contributed by atoms with van der Waals surface area (Å²) in [5.41, 5.74) is -0.832. The number of rotatable bonds is 3. The molecule has 0 radical (unpaired) electrons. The number of nitrogens with zero attached hydrogens (tertiary/aromatic N) is 2. The van der Waals surface area contributed by atoms with E-state index in [1.807, 2.05) is 0 Å². The van der Waals surface area contributed by atoms with Crippen molar-refractivity contribution >= 4 is 21.5 Å². The highest BCUT2D eigenvalue weighted by Gasteiger charge is 2.40. The van der Waals surface area contributed by atoms with E-state index in [-0.39, 0.29) is 23.1 Å². The fourth-order valence-electron chi connectivity index (χ4n) is 2.18. The Morgan fingerprint density at radius 3 is 2.38 bits per heavy atom. The first-order chi connectivity index (χ1) is 9.53. The molecule has 2 heterocycles. The minimum absolute atomic E-state index is 0.00396. The number of aromatic nitrogens is 2. The maximum atomic E-state index is 12.7. The molecule has 1 aliphatic rings. The summed E-state index contributed by atoms with van der Waals surface area (Å²) < 4.78 is 61.3. The first kappa shape index (κ1) is 15.8. The third kappa shape index (κ3) is 3.74. The highest BCUT2D eigenvalue weighted by atomic mass is 32.2. The van der Waals surface area contributed by atoms with E-state index in [9.17, 15) is 21.6 Å². The quantitative estimate of drug-likeness (QED) is 0.877. The van der Waals surface area contributed by atoms with Gasteiger partial charge in [-0.1, -0.05) is 0 Å². The Balaban J connectivity index is 2.32. The lowest BCUT2D eigenvalue weighted by Crippen LogP contribution is -2.36. The fraction of sp³-hybridized carbons (Fsp3) is 0.636. The Morgan fingerprint density at radius 1 is 1.29 bits per heavy atom. The van der Waals surface area contributed by atoms with Crippen LogP contribution in [0.25, 0.3) is 0 Å². The number of sulfone groups is 1. The maximum Gasteiger partial charge on any atom is 0.451 e. The summed E-state index contributed by atoms with van der Waals surface area (Å²) in [6.07, 6.45) is -4.36. The molecule has 1 unspecified atom stereocenters. The second-order valence-electron chi connectivity index (χ2n) is 5.24. The summed E-state index contributed by atoms with van der Waals surface area (Å²) in [7, 11) is -1.73. The van der Waals surface area contributed by atoms with Gasteiger partial charge in [0.05, 0.1) is 17.0 Å². The summed E-state index contributed by atoms with van der Waals surface area (Å²) in [4.78, 5) is 6.77. The SMILES string of the molecule is CNc1cc(NC2(C)CCS(=O)(=O)C2)nc(C(F)(F)F)n1. The lowest BCUT2D eigenvalue weighted by molar-refractivity contribution is -0.144. The minimum Gasteiger partial charge on any atom is -0.373 e. The number of hydrogen-bond acceptors (Lipinski definition) is 6. The molecular weight excluding hydrogens is 309 g/mol. The van der Waals surface area contributed by atoms with Crippen molar-refractivity contribution in [1.82, 2.24) is 9.97 Å². The van der Waals surface area contributed by atoms with Crippen LogP contribution in [-0.4, -0.2) is 42.5 Å². The van der Waals surface area contributed by atoms with Crippen molar-refractivity contribution < 1.29 is 21.6 Å². The van der Waals surface area contributed by atoms with Gasteiger partial charge in [0.15, 0.2) is 9.84 Å². The molecule has 118 valence electrons. The Labute approximate surface area is 120 Å². The second-order valence-corrected chi connectivity index (χ2v) is 7.42. The van der Waals surface area contributed by atoms with Crippen LogP contribution in [0, 0.1) is 0 Å². The zero-order chi connectivity index (χ0) is 15.9. The van der Waals surface area contributed by atoms with Crippen LogP contribution in [0.2, 0.25) is 0 Å². The van der Waals surface area contributed by atoms with Crippen molar-refractivity contribution in [3.8, 4) is 0 Å². The zero-order valence-electron chi connectivity index (χ0n) is 11.5. The number of anilines is 2. The Kier molecular flexibility index (Phi) is 3.77. The molecule has 0 aromatic carbocycles. The molecule has 2 rings (SSSR count). The summed E-state index contributed by atoms with van der Waals surface area (Å²) in [5.74, 6) is -1.46. The fourth-order valence-corrected chi connectivity index (χ4v) is 4.28. The average molecular weight is 324 g/mol. The second kappa shape index (κ2) is 5.00. The van der Waals surface area contributed by atoms with E-state index < -0.39 is 27.4 Å². The molecular formula is C11H15F3N4O2S. The molecule has 1 fully saturated rings. The Bertz CT molecular complexity index is 647. The van der Waals surface area contributed by atoms with Crippen LogP contribution in [0.3, 0.4) is 0 Å². The van der Waals surface area contributed by atoms with E-state index in [1.54, 1.807) is 6.92 Å². The van der Waals surface area contributed by atoms with Crippen LogP contribution < -0.4 is 10.6 Å². The normalized spacial score (nSPS) is 24.8. The van der Waals surface area contributed by atoms with Crippen molar-refractivity contribution in [3.05, 3.63) is 11.9 Å². The van der Waals surface area contributed by atoms with Gasteiger partial charge in [-0.15, -0.1) is 0 Å². The van der Waals surface area contributed by atoms with Gasteiger partial charge < -0.3 is 10.6 Å². The van der Waals surface area contributed by atoms with Crippen molar-refractivity contribution in [1.29, 1.82) is 0 Å². The average Bonchev–Trinajstić information content (AvgIpc) is 2.61. The zero-order valence-corrected chi connectivity index (χ0v) is 12.3. The van der Waals surface area contributed by atoms with Crippen LogP contribution in [0.1, 0.15) is 19.2 Å². The van der Waals surface area contributed by atoms with Crippen molar-refractivity contribution in [2.75, 3.05) is 29.2 Å². The summed E-state index contributed by atoms with van der Waals surface area (Å²) in [5, 5.41) is 5.31. The molecule has 0 spiro atoms. The van der Waals surface area contributed by atoms with Crippen LogP contribution in [0.15, 0.2) is 6.07 Å². The third-order valence-corrected chi connectivity index (χ3v) is 5.07. The molecule has 1 atom stereocenters. The number of hydrogen-bond donors (Lipinski definition) is 2. The highest BCUT2D eigenvalue weighted by Crippen LogP contribution is 2.31. The molecule has 0 bridgehead atoms. The molecule has 6 nitrogen and oxygen atoms in total. The third-order valence-electron chi connectivity index (χ3n) is 3.17. The van der Waals surface area contributed by atoms with E-state index in [0.717, 1.165) is 0 Å². The highest BCUT2D eigenvalue weighted by molar-refractivity contribution is 7.91. The molecule has 0 aliphatic carbocycles. The smallest absolute Gasteiger partial charge is 0.373 e. The first-order valence-electron chi connectivity index (χ1n) is 6.16. The molecule has 1 saturated heterocycles. The van der Waals surface area contributed by atoms with E-state index in [2.05, 4.69) is 20.6 Å². The molecule has 1 aliphatic heterocycles. The molecule has 1 aromatic rings. The van der Waals surface area contributed by atoms with Gasteiger partial charge in [-0.25, -0.2) is 18.4 Å². The van der Waals surface area contributed by atoms with Crippen molar-refractivity contribution in [3.63, 3.8) is 0 Å². The van der Waals surface area contributed by atoms with Crippen LogP contribution in [-0.2, 0) is 16.0 Å². The standard InChI is InChI=1S/C11H15F3N4O2S/c1-10(3-4-21(19,20)6-10)18-8-5-7(15-2)16-9(17-8)11(12,13)14/h5H,3-4,6H2,1-2H3,(H2,15,16,17,18). The van der Waals surface area contributed by atoms with Gasteiger partial charge in [0.25, 0.3) is 0 Å².